The number of oxazole rings is 1. The lowest BCUT2D eigenvalue weighted by Gasteiger charge is -1.94. The van der Waals surface area contributed by atoms with Crippen molar-refractivity contribution in [2.75, 3.05) is 13.6 Å². The molecule has 0 fully saturated rings. The molecule has 16 heavy (non-hydrogen) atoms. The molecular formula is C11H15N3OS. The highest BCUT2D eigenvalue weighted by Gasteiger charge is 2.12. The number of hydrogen-bond acceptors (Lipinski definition) is 5. The number of aryl methyl sites for hydroxylation is 2. The van der Waals surface area contributed by atoms with E-state index in [9.17, 15) is 0 Å². The highest BCUT2D eigenvalue weighted by atomic mass is 32.1. The summed E-state index contributed by atoms with van der Waals surface area (Å²) in [5, 5.41) is 4.13. The first-order valence-corrected chi connectivity index (χ1v) is 6.06. The van der Waals surface area contributed by atoms with Crippen LogP contribution in [0.25, 0.3) is 10.6 Å². The zero-order valence-corrected chi connectivity index (χ0v) is 10.5. The van der Waals surface area contributed by atoms with Gasteiger partial charge in [0.25, 0.3) is 0 Å². The molecular weight excluding hydrogens is 222 g/mol. The molecule has 0 atom stereocenters. The van der Waals surface area contributed by atoms with Gasteiger partial charge in [0, 0.05) is 13.0 Å². The fourth-order valence-electron chi connectivity index (χ4n) is 1.52. The third-order valence-electron chi connectivity index (χ3n) is 2.27. The predicted molar refractivity (Wildman–Crippen MR) is 64.7 cm³/mol. The lowest BCUT2D eigenvalue weighted by atomic mass is 10.3. The van der Waals surface area contributed by atoms with Gasteiger partial charge in [-0.1, -0.05) is 0 Å². The molecule has 0 saturated carbocycles. The predicted octanol–water partition coefficient (Wildman–Crippen LogP) is 2.18. The molecule has 5 heteroatoms. The van der Waals surface area contributed by atoms with Crippen LogP contribution < -0.4 is 5.32 Å². The Labute approximate surface area is 98.7 Å². The minimum absolute atomic E-state index is 0.773. The highest BCUT2D eigenvalue weighted by molar-refractivity contribution is 7.15. The molecule has 0 saturated heterocycles. The molecule has 2 aromatic rings. The van der Waals surface area contributed by atoms with Crippen molar-refractivity contribution in [1.29, 1.82) is 0 Å². The van der Waals surface area contributed by atoms with Crippen LogP contribution in [0.5, 0.6) is 0 Å². The molecule has 0 aromatic carbocycles. The Balaban J connectivity index is 2.21. The summed E-state index contributed by atoms with van der Waals surface area (Å²) in [6.07, 6.45) is 2.60. The summed E-state index contributed by atoms with van der Waals surface area (Å²) in [5.74, 6) is 1.60. The van der Waals surface area contributed by atoms with Crippen molar-refractivity contribution in [2.45, 2.75) is 20.3 Å². The van der Waals surface area contributed by atoms with Crippen LogP contribution in [-0.4, -0.2) is 23.6 Å². The molecule has 0 unspecified atom stereocenters. The molecule has 2 aromatic heterocycles. The van der Waals surface area contributed by atoms with E-state index in [2.05, 4.69) is 15.3 Å². The van der Waals surface area contributed by atoms with E-state index >= 15 is 0 Å². The van der Waals surface area contributed by atoms with E-state index in [1.807, 2.05) is 20.9 Å². The van der Waals surface area contributed by atoms with Gasteiger partial charge in [0.05, 0.1) is 21.8 Å². The van der Waals surface area contributed by atoms with Crippen LogP contribution in [0.1, 0.15) is 16.6 Å². The SMILES string of the molecule is CNCCc1ncc(-c2sc(C)nc2C)o1. The van der Waals surface area contributed by atoms with Gasteiger partial charge in [-0.15, -0.1) is 11.3 Å². The van der Waals surface area contributed by atoms with Crippen molar-refractivity contribution in [2.24, 2.45) is 0 Å². The molecule has 1 N–H and O–H groups in total. The summed E-state index contributed by atoms with van der Waals surface area (Å²) in [7, 11) is 1.92. The van der Waals surface area contributed by atoms with Crippen molar-refractivity contribution in [3.8, 4) is 10.6 Å². The maximum Gasteiger partial charge on any atom is 0.196 e. The monoisotopic (exact) mass is 237 g/mol. The molecule has 0 aliphatic rings. The van der Waals surface area contributed by atoms with Crippen LogP contribution in [0.4, 0.5) is 0 Å². The molecule has 0 radical (unpaired) electrons. The largest absolute Gasteiger partial charge is 0.440 e. The van der Waals surface area contributed by atoms with E-state index in [0.29, 0.717) is 0 Å². The molecule has 4 nitrogen and oxygen atoms in total. The number of hydrogen-bond donors (Lipinski definition) is 1. The molecule has 0 aliphatic carbocycles. The normalized spacial score (nSPS) is 10.9. The van der Waals surface area contributed by atoms with Gasteiger partial charge < -0.3 is 9.73 Å². The van der Waals surface area contributed by atoms with E-state index in [-0.39, 0.29) is 0 Å². The molecule has 0 amide bonds. The average Bonchev–Trinajstić information content (AvgIpc) is 2.82. The van der Waals surface area contributed by atoms with Crippen molar-refractivity contribution in [1.82, 2.24) is 15.3 Å². The molecule has 0 spiro atoms. The first-order chi connectivity index (χ1) is 7.70. The van der Waals surface area contributed by atoms with Gasteiger partial charge in [-0.2, -0.15) is 0 Å². The number of rotatable bonds is 4. The van der Waals surface area contributed by atoms with Gasteiger partial charge in [0.2, 0.25) is 0 Å². The Hall–Kier alpha value is -1.20. The summed E-state index contributed by atoms with van der Waals surface area (Å²) in [5.41, 5.74) is 1.01. The fraction of sp³-hybridized carbons (Fsp3) is 0.455. The van der Waals surface area contributed by atoms with Gasteiger partial charge in [-0.05, 0) is 20.9 Å². The van der Waals surface area contributed by atoms with Crippen LogP contribution in [0.2, 0.25) is 0 Å². The second-order valence-electron chi connectivity index (χ2n) is 3.62. The average molecular weight is 237 g/mol. The number of aromatic nitrogens is 2. The van der Waals surface area contributed by atoms with Gasteiger partial charge in [-0.3, -0.25) is 0 Å². The maximum absolute atomic E-state index is 5.69. The van der Waals surface area contributed by atoms with Crippen LogP contribution in [-0.2, 0) is 6.42 Å². The standard InChI is InChI=1S/C11H15N3OS/c1-7-11(16-8(2)14-7)9-6-13-10(15-9)4-5-12-3/h6,12H,4-5H2,1-3H3. The van der Waals surface area contributed by atoms with Crippen LogP contribution in [0.3, 0.4) is 0 Å². The van der Waals surface area contributed by atoms with Crippen LogP contribution in [0.15, 0.2) is 10.6 Å². The third kappa shape index (κ3) is 2.31. The molecule has 0 aliphatic heterocycles. The van der Waals surface area contributed by atoms with Gasteiger partial charge in [0.1, 0.15) is 0 Å². The maximum atomic E-state index is 5.69. The lowest BCUT2D eigenvalue weighted by Crippen LogP contribution is -2.10. The van der Waals surface area contributed by atoms with Gasteiger partial charge in [0.15, 0.2) is 11.7 Å². The fourth-order valence-corrected chi connectivity index (χ4v) is 2.39. The Morgan fingerprint density at radius 1 is 1.44 bits per heavy atom. The van der Waals surface area contributed by atoms with Crippen LogP contribution >= 0.6 is 11.3 Å². The molecule has 0 bridgehead atoms. The van der Waals surface area contributed by atoms with Gasteiger partial charge >= 0.3 is 0 Å². The quantitative estimate of drug-likeness (QED) is 0.885. The van der Waals surface area contributed by atoms with Crippen molar-refractivity contribution < 1.29 is 4.42 Å². The smallest absolute Gasteiger partial charge is 0.196 e. The number of nitrogens with one attached hydrogen (secondary N) is 1. The summed E-state index contributed by atoms with van der Waals surface area (Å²) in [6, 6.07) is 0. The molecule has 2 rings (SSSR count). The third-order valence-corrected chi connectivity index (χ3v) is 3.36. The second kappa shape index (κ2) is 4.76. The molecule has 2 heterocycles. The number of thiazole rings is 1. The van der Waals surface area contributed by atoms with Crippen molar-refractivity contribution >= 4 is 11.3 Å². The highest BCUT2D eigenvalue weighted by Crippen LogP contribution is 2.29. The second-order valence-corrected chi connectivity index (χ2v) is 4.82. The topological polar surface area (TPSA) is 51.0 Å². The Kier molecular flexibility index (Phi) is 3.36. The first-order valence-electron chi connectivity index (χ1n) is 5.24. The first kappa shape index (κ1) is 11.3. The van der Waals surface area contributed by atoms with E-state index in [4.69, 9.17) is 4.42 Å². The zero-order chi connectivity index (χ0) is 11.5. The van der Waals surface area contributed by atoms with Gasteiger partial charge in [-0.25, -0.2) is 9.97 Å². The number of likely N-dealkylation sites (N-methyl/N-ethyl adjacent to an activating group) is 1. The number of nitrogens with zero attached hydrogens (tertiary/aromatic N) is 2. The molecule has 86 valence electrons. The Morgan fingerprint density at radius 3 is 2.88 bits per heavy atom. The van der Waals surface area contributed by atoms with E-state index in [1.165, 1.54) is 0 Å². The van der Waals surface area contributed by atoms with E-state index < -0.39 is 0 Å². The lowest BCUT2D eigenvalue weighted by molar-refractivity contribution is 0.501. The van der Waals surface area contributed by atoms with Crippen molar-refractivity contribution in [3.63, 3.8) is 0 Å². The van der Waals surface area contributed by atoms with E-state index in [1.54, 1.807) is 17.5 Å². The summed E-state index contributed by atoms with van der Waals surface area (Å²) in [6.45, 7) is 4.87. The summed E-state index contributed by atoms with van der Waals surface area (Å²) in [4.78, 5) is 9.71. The summed E-state index contributed by atoms with van der Waals surface area (Å²) < 4.78 is 5.69. The minimum atomic E-state index is 0.773. The Bertz CT molecular complexity index is 475. The minimum Gasteiger partial charge on any atom is -0.440 e. The van der Waals surface area contributed by atoms with Crippen LogP contribution in [0, 0.1) is 13.8 Å². The van der Waals surface area contributed by atoms with E-state index in [0.717, 1.165) is 40.2 Å². The van der Waals surface area contributed by atoms with Crippen molar-refractivity contribution in [3.05, 3.63) is 22.8 Å². The zero-order valence-electron chi connectivity index (χ0n) is 9.70. The Morgan fingerprint density at radius 2 is 2.25 bits per heavy atom. The summed E-state index contributed by atoms with van der Waals surface area (Å²) >= 11 is 1.64.